The summed E-state index contributed by atoms with van der Waals surface area (Å²) in [6.45, 7) is 3.36. The highest BCUT2D eigenvalue weighted by Crippen LogP contribution is 2.55. The van der Waals surface area contributed by atoms with Crippen LogP contribution in [0.3, 0.4) is 0 Å². The Bertz CT molecular complexity index is 1160. The smallest absolute Gasteiger partial charge is 0.252 e. The molecule has 3 aliphatic rings. The second-order valence-corrected chi connectivity index (χ2v) is 8.59. The number of hydrogen-bond donors (Lipinski definition) is 2. The first-order chi connectivity index (χ1) is 15.3. The van der Waals surface area contributed by atoms with E-state index in [1.54, 1.807) is 36.2 Å². The number of fused-ring (bicyclic) bond motifs is 4. The van der Waals surface area contributed by atoms with Gasteiger partial charge in [-0.3, -0.25) is 24.5 Å². The van der Waals surface area contributed by atoms with Crippen LogP contribution in [0.2, 0.25) is 0 Å². The second kappa shape index (κ2) is 7.00. The van der Waals surface area contributed by atoms with Gasteiger partial charge in [-0.15, -0.1) is 0 Å². The number of likely N-dealkylation sites (N-methyl/N-ethyl adjacent to an activating group) is 1. The summed E-state index contributed by atoms with van der Waals surface area (Å²) in [5.41, 5.74) is 1.24. The molecule has 32 heavy (non-hydrogen) atoms. The fourth-order valence-corrected chi connectivity index (χ4v) is 5.56. The minimum absolute atomic E-state index is 0.207. The number of nitrogens with zero attached hydrogens (tertiary/aromatic N) is 2. The van der Waals surface area contributed by atoms with Gasteiger partial charge in [-0.25, -0.2) is 4.90 Å². The molecule has 0 bridgehead atoms. The fourth-order valence-electron chi connectivity index (χ4n) is 5.56. The Morgan fingerprint density at radius 1 is 1.06 bits per heavy atom. The van der Waals surface area contributed by atoms with Crippen molar-refractivity contribution in [3.8, 4) is 0 Å². The molecule has 4 amide bonds. The van der Waals surface area contributed by atoms with E-state index in [0.29, 0.717) is 17.8 Å². The predicted molar refractivity (Wildman–Crippen MR) is 119 cm³/mol. The van der Waals surface area contributed by atoms with Gasteiger partial charge in [-0.2, -0.15) is 0 Å². The van der Waals surface area contributed by atoms with E-state index in [0.717, 1.165) is 11.3 Å². The van der Waals surface area contributed by atoms with Crippen molar-refractivity contribution >= 4 is 40.7 Å². The van der Waals surface area contributed by atoms with E-state index < -0.39 is 17.4 Å². The van der Waals surface area contributed by atoms with Crippen molar-refractivity contribution in [1.82, 2.24) is 5.32 Å². The number of rotatable bonds is 3. The molecule has 2 aromatic carbocycles. The molecular formula is C24H24N4O4. The van der Waals surface area contributed by atoms with Crippen molar-refractivity contribution in [2.75, 3.05) is 22.2 Å². The molecule has 8 heteroatoms. The average Bonchev–Trinajstić information content (AvgIpc) is 3.34. The van der Waals surface area contributed by atoms with Crippen LogP contribution >= 0.6 is 0 Å². The highest BCUT2D eigenvalue weighted by atomic mass is 16.2. The molecule has 1 spiro atoms. The van der Waals surface area contributed by atoms with Crippen LogP contribution in [-0.4, -0.2) is 36.7 Å². The van der Waals surface area contributed by atoms with E-state index in [-0.39, 0.29) is 29.7 Å². The summed E-state index contributed by atoms with van der Waals surface area (Å²) in [7, 11) is 1.70. The number of nitrogens with one attached hydrogen (secondary N) is 2. The minimum Gasteiger partial charge on any atom is -0.326 e. The molecule has 2 fully saturated rings. The normalized spacial score (nSPS) is 28.5. The van der Waals surface area contributed by atoms with Crippen molar-refractivity contribution in [2.24, 2.45) is 11.8 Å². The summed E-state index contributed by atoms with van der Waals surface area (Å²) in [5, 5.41) is 6.09. The molecule has 3 aliphatic heterocycles. The summed E-state index contributed by atoms with van der Waals surface area (Å²) in [5.74, 6) is -2.56. The molecule has 0 radical (unpaired) electrons. The summed E-state index contributed by atoms with van der Waals surface area (Å²) >= 11 is 0. The lowest BCUT2D eigenvalue weighted by atomic mass is 9.76. The van der Waals surface area contributed by atoms with Gasteiger partial charge >= 0.3 is 0 Å². The molecule has 0 unspecified atom stereocenters. The molecule has 8 nitrogen and oxygen atoms in total. The van der Waals surface area contributed by atoms with Crippen molar-refractivity contribution < 1.29 is 19.2 Å². The Morgan fingerprint density at radius 3 is 2.41 bits per heavy atom. The molecule has 0 saturated carbocycles. The standard InChI is InChI=1S/C24H24N4O4/c1-4-17-19-20(24(26-17)16-7-5-6-8-18(16)27(3)23(24)32)22(31)28(21(19)30)15-11-9-14(10-12-15)25-13(2)29/h5-12,17,19-20,26H,4H2,1-3H3,(H,25,29)/t17-,19+,20+,24+/m1/s1. The van der Waals surface area contributed by atoms with Gasteiger partial charge in [0.15, 0.2) is 0 Å². The monoisotopic (exact) mass is 432 g/mol. The molecular weight excluding hydrogens is 408 g/mol. The van der Waals surface area contributed by atoms with Gasteiger partial charge in [0.2, 0.25) is 17.7 Å². The third kappa shape index (κ3) is 2.53. The van der Waals surface area contributed by atoms with Crippen LogP contribution in [0.4, 0.5) is 17.1 Å². The molecule has 164 valence electrons. The van der Waals surface area contributed by atoms with Gasteiger partial charge < -0.3 is 10.2 Å². The maximum atomic E-state index is 13.8. The number of anilines is 3. The zero-order valence-corrected chi connectivity index (χ0v) is 18.1. The van der Waals surface area contributed by atoms with E-state index in [2.05, 4.69) is 10.6 Å². The average molecular weight is 432 g/mol. The third-order valence-corrected chi connectivity index (χ3v) is 6.88. The van der Waals surface area contributed by atoms with Crippen LogP contribution in [0.1, 0.15) is 25.8 Å². The number of carbonyl (C=O) groups excluding carboxylic acids is 4. The number of imide groups is 1. The molecule has 0 aromatic heterocycles. The van der Waals surface area contributed by atoms with E-state index in [1.807, 2.05) is 31.2 Å². The summed E-state index contributed by atoms with van der Waals surface area (Å²) in [6.07, 6.45) is 0.608. The molecule has 2 N–H and O–H groups in total. The third-order valence-electron chi connectivity index (χ3n) is 6.88. The Balaban J connectivity index is 1.60. The molecule has 5 rings (SSSR count). The quantitative estimate of drug-likeness (QED) is 0.723. The van der Waals surface area contributed by atoms with Crippen molar-refractivity contribution in [3.63, 3.8) is 0 Å². The van der Waals surface area contributed by atoms with Gasteiger partial charge in [-0.1, -0.05) is 25.1 Å². The highest BCUT2D eigenvalue weighted by Gasteiger charge is 2.71. The first-order valence-electron chi connectivity index (χ1n) is 10.7. The van der Waals surface area contributed by atoms with E-state index in [1.165, 1.54) is 11.8 Å². The Labute approximate surface area is 185 Å². The number of hydrogen-bond acceptors (Lipinski definition) is 5. The van der Waals surface area contributed by atoms with Gasteiger partial charge in [0.05, 0.1) is 17.5 Å². The second-order valence-electron chi connectivity index (χ2n) is 8.59. The van der Waals surface area contributed by atoms with Crippen LogP contribution in [0.5, 0.6) is 0 Å². The molecule has 2 saturated heterocycles. The van der Waals surface area contributed by atoms with Crippen LogP contribution in [0.15, 0.2) is 48.5 Å². The van der Waals surface area contributed by atoms with Gasteiger partial charge in [0.25, 0.3) is 5.91 Å². The zero-order valence-electron chi connectivity index (χ0n) is 18.1. The van der Waals surface area contributed by atoms with Crippen LogP contribution < -0.4 is 20.4 Å². The van der Waals surface area contributed by atoms with Crippen molar-refractivity contribution in [2.45, 2.75) is 31.8 Å². The van der Waals surface area contributed by atoms with Crippen molar-refractivity contribution in [1.29, 1.82) is 0 Å². The van der Waals surface area contributed by atoms with Crippen molar-refractivity contribution in [3.05, 3.63) is 54.1 Å². The fraction of sp³-hybridized carbons (Fsp3) is 0.333. The molecule has 0 aliphatic carbocycles. The van der Waals surface area contributed by atoms with Crippen LogP contribution in [0.25, 0.3) is 0 Å². The Kier molecular flexibility index (Phi) is 4.46. The number of carbonyl (C=O) groups is 4. The Hall–Kier alpha value is -3.52. The molecule has 4 atom stereocenters. The lowest BCUT2D eigenvalue weighted by Crippen LogP contribution is -2.54. The first kappa shape index (κ1) is 20.4. The largest absolute Gasteiger partial charge is 0.326 e. The lowest BCUT2D eigenvalue weighted by Gasteiger charge is -2.30. The molecule has 3 heterocycles. The van der Waals surface area contributed by atoms with E-state index in [4.69, 9.17) is 0 Å². The Morgan fingerprint density at radius 2 is 1.75 bits per heavy atom. The van der Waals surface area contributed by atoms with Gasteiger partial charge in [0, 0.05) is 37.0 Å². The zero-order chi connectivity index (χ0) is 22.8. The SMILES string of the molecule is CC[C@H]1N[C@]2(C(=O)N(C)c3ccccc32)[C@@H]2C(=O)N(c3ccc(NC(C)=O)cc3)C(=O)[C@H]21. The van der Waals surface area contributed by atoms with Crippen LogP contribution in [0, 0.1) is 11.8 Å². The topological polar surface area (TPSA) is 98.8 Å². The summed E-state index contributed by atoms with van der Waals surface area (Å²) in [6, 6.07) is 13.7. The minimum atomic E-state index is -1.26. The van der Waals surface area contributed by atoms with Crippen LogP contribution in [-0.2, 0) is 24.7 Å². The summed E-state index contributed by atoms with van der Waals surface area (Å²) < 4.78 is 0. The van der Waals surface area contributed by atoms with Gasteiger partial charge in [-0.05, 0) is 36.8 Å². The number of amides is 4. The lowest BCUT2D eigenvalue weighted by molar-refractivity contribution is -0.131. The molecule has 2 aromatic rings. The highest BCUT2D eigenvalue weighted by molar-refractivity contribution is 6.26. The van der Waals surface area contributed by atoms with Gasteiger partial charge in [0.1, 0.15) is 5.54 Å². The predicted octanol–water partition coefficient (Wildman–Crippen LogP) is 2.00. The van der Waals surface area contributed by atoms with E-state index in [9.17, 15) is 19.2 Å². The summed E-state index contributed by atoms with van der Waals surface area (Å²) in [4.78, 5) is 54.9. The first-order valence-corrected chi connectivity index (χ1v) is 10.7. The number of benzene rings is 2. The number of para-hydroxylation sites is 1. The van der Waals surface area contributed by atoms with E-state index >= 15 is 0 Å². The maximum absolute atomic E-state index is 13.8. The maximum Gasteiger partial charge on any atom is 0.252 e.